The van der Waals surface area contributed by atoms with Gasteiger partial charge in [0.2, 0.25) is 0 Å². The molecule has 29 heavy (non-hydrogen) atoms. The van der Waals surface area contributed by atoms with E-state index in [4.69, 9.17) is 9.47 Å². The summed E-state index contributed by atoms with van der Waals surface area (Å²) in [5, 5.41) is 0. The minimum atomic E-state index is -0.375. The van der Waals surface area contributed by atoms with E-state index in [1.54, 1.807) is 0 Å². The first-order valence-electron chi connectivity index (χ1n) is 11.3. The van der Waals surface area contributed by atoms with Crippen molar-refractivity contribution in [1.82, 2.24) is 9.80 Å². The monoisotopic (exact) mass is 412 g/mol. The van der Waals surface area contributed by atoms with E-state index in [1.165, 1.54) is 12.8 Å². The van der Waals surface area contributed by atoms with Gasteiger partial charge in [0.15, 0.2) is 0 Å². The van der Waals surface area contributed by atoms with Gasteiger partial charge in [0.1, 0.15) is 11.2 Å². The molecule has 0 aromatic rings. The second kappa shape index (κ2) is 11.1. The molecule has 2 rings (SSSR count). The molecule has 2 unspecified atom stereocenters. The molecule has 0 N–H and O–H groups in total. The van der Waals surface area contributed by atoms with E-state index in [1.807, 2.05) is 51.3 Å². The lowest BCUT2D eigenvalue weighted by Gasteiger charge is -2.24. The van der Waals surface area contributed by atoms with Gasteiger partial charge in [0.25, 0.3) is 0 Å². The largest absolute Gasteiger partial charge is 0.444 e. The summed E-state index contributed by atoms with van der Waals surface area (Å²) in [4.78, 5) is 27.0. The Morgan fingerprint density at radius 2 is 1.21 bits per heavy atom. The van der Waals surface area contributed by atoms with E-state index < -0.39 is 0 Å². The molecule has 0 saturated carbocycles. The molecule has 6 heteroatoms. The van der Waals surface area contributed by atoms with Crippen LogP contribution in [0.25, 0.3) is 0 Å². The highest BCUT2D eigenvalue weighted by atomic mass is 16.6. The fourth-order valence-corrected chi connectivity index (χ4v) is 3.63. The quantitative estimate of drug-likeness (QED) is 0.597. The van der Waals surface area contributed by atoms with E-state index in [2.05, 4.69) is 13.8 Å². The molecular weight excluding hydrogens is 368 g/mol. The van der Waals surface area contributed by atoms with Gasteiger partial charge in [-0.25, -0.2) is 9.59 Å². The predicted molar refractivity (Wildman–Crippen MR) is 117 cm³/mol. The molecule has 6 nitrogen and oxygen atoms in total. The van der Waals surface area contributed by atoms with Crippen LogP contribution < -0.4 is 0 Å². The van der Waals surface area contributed by atoms with Crippen molar-refractivity contribution < 1.29 is 19.1 Å². The van der Waals surface area contributed by atoms with Gasteiger partial charge in [-0.15, -0.1) is 0 Å². The number of carbonyl (C=O) groups is 2. The average molecular weight is 413 g/mol. The highest BCUT2D eigenvalue weighted by Gasteiger charge is 2.29. The Morgan fingerprint density at radius 3 is 1.55 bits per heavy atom. The molecule has 170 valence electrons. The Bertz CT molecular complexity index is 522. The van der Waals surface area contributed by atoms with Crippen molar-refractivity contribution in [3.05, 3.63) is 0 Å². The zero-order valence-corrected chi connectivity index (χ0v) is 20.0. The maximum absolute atomic E-state index is 11.7. The lowest BCUT2D eigenvalue weighted by atomic mass is 10.0. The number of hydrogen-bond acceptors (Lipinski definition) is 4. The molecule has 0 aromatic heterocycles. The van der Waals surface area contributed by atoms with Crippen molar-refractivity contribution in [2.24, 2.45) is 11.8 Å². The summed E-state index contributed by atoms with van der Waals surface area (Å²) in [7, 11) is 0. The molecule has 0 bridgehead atoms. The van der Waals surface area contributed by atoms with Crippen LogP contribution in [0.3, 0.4) is 0 Å². The van der Waals surface area contributed by atoms with E-state index >= 15 is 0 Å². The Morgan fingerprint density at radius 1 is 0.793 bits per heavy atom. The maximum atomic E-state index is 11.7. The van der Waals surface area contributed by atoms with Crippen LogP contribution in [0, 0.1) is 11.8 Å². The fraction of sp³-hybridized carbons (Fsp3) is 0.913. The molecule has 2 heterocycles. The first-order chi connectivity index (χ1) is 13.3. The molecule has 2 atom stereocenters. The molecule has 2 aliphatic rings. The number of carbonyl (C=O) groups excluding carboxylic acids is 2. The number of ether oxygens (including phenoxy) is 2. The summed E-state index contributed by atoms with van der Waals surface area (Å²) < 4.78 is 10.6. The fourth-order valence-electron chi connectivity index (χ4n) is 3.63. The Balaban J connectivity index is 0.000000291. The van der Waals surface area contributed by atoms with Gasteiger partial charge in [-0.3, -0.25) is 0 Å². The van der Waals surface area contributed by atoms with Crippen LogP contribution in [0.2, 0.25) is 0 Å². The molecule has 0 radical (unpaired) electrons. The van der Waals surface area contributed by atoms with Gasteiger partial charge < -0.3 is 19.3 Å². The molecule has 2 saturated heterocycles. The van der Waals surface area contributed by atoms with Crippen molar-refractivity contribution in [3.8, 4) is 0 Å². The lowest BCUT2D eigenvalue weighted by molar-refractivity contribution is 0.0277. The summed E-state index contributed by atoms with van der Waals surface area (Å²) in [6.45, 7) is 19.2. The molecule has 0 aliphatic carbocycles. The lowest BCUT2D eigenvalue weighted by Crippen LogP contribution is -2.35. The van der Waals surface area contributed by atoms with Gasteiger partial charge >= 0.3 is 12.2 Å². The SMILES string of the molecule is CCC1CCN(C(=O)OC(C)(C)C)C1.CCCC1CCN(C(=O)OC(C)(C)C)C1. The Kier molecular flexibility index (Phi) is 9.77. The van der Waals surface area contributed by atoms with Crippen molar-refractivity contribution in [1.29, 1.82) is 0 Å². The smallest absolute Gasteiger partial charge is 0.410 e. The molecular formula is C23H44N2O4. The van der Waals surface area contributed by atoms with Crippen molar-refractivity contribution in [2.75, 3.05) is 26.2 Å². The minimum Gasteiger partial charge on any atom is -0.444 e. The molecule has 0 spiro atoms. The number of nitrogens with zero attached hydrogens (tertiary/aromatic N) is 2. The standard InChI is InChI=1S/C12H23NO2.C11H21NO2/c1-5-6-10-7-8-13(9-10)11(14)15-12(2,3)4;1-5-9-6-7-12(8-9)10(13)14-11(2,3)4/h10H,5-9H2,1-4H3;9H,5-8H2,1-4H3. The highest BCUT2D eigenvalue weighted by Crippen LogP contribution is 2.23. The van der Waals surface area contributed by atoms with Gasteiger partial charge in [-0.05, 0) is 72.6 Å². The maximum Gasteiger partial charge on any atom is 0.410 e. The van der Waals surface area contributed by atoms with E-state index in [9.17, 15) is 9.59 Å². The molecule has 0 aromatic carbocycles. The summed E-state index contributed by atoms with van der Waals surface area (Å²) >= 11 is 0. The van der Waals surface area contributed by atoms with E-state index in [-0.39, 0.29) is 23.4 Å². The second-order valence-corrected chi connectivity index (χ2v) is 10.4. The summed E-state index contributed by atoms with van der Waals surface area (Å²) in [6.07, 6.45) is 5.52. The Hall–Kier alpha value is -1.46. The third-order valence-corrected chi connectivity index (χ3v) is 5.15. The normalized spacial score (nSPS) is 22.2. The topological polar surface area (TPSA) is 59.1 Å². The molecule has 2 fully saturated rings. The number of rotatable bonds is 3. The van der Waals surface area contributed by atoms with Crippen LogP contribution in [-0.2, 0) is 9.47 Å². The van der Waals surface area contributed by atoms with E-state index in [0.717, 1.165) is 45.4 Å². The summed E-state index contributed by atoms with van der Waals surface area (Å²) in [5.74, 6) is 1.35. The Labute approximate surface area is 178 Å². The average Bonchev–Trinajstić information content (AvgIpc) is 3.22. The first-order valence-corrected chi connectivity index (χ1v) is 11.3. The number of likely N-dealkylation sites (tertiary alicyclic amines) is 2. The zero-order valence-electron chi connectivity index (χ0n) is 20.0. The molecule has 2 aliphatic heterocycles. The number of amides is 2. The zero-order chi connectivity index (χ0) is 22.2. The van der Waals surface area contributed by atoms with Gasteiger partial charge in [0, 0.05) is 26.2 Å². The second-order valence-electron chi connectivity index (χ2n) is 10.4. The van der Waals surface area contributed by atoms with Gasteiger partial charge in [-0.1, -0.05) is 26.7 Å². The summed E-state index contributed by atoms with van der Waals surface area (Å²) in [5.41, 5.74) is -0.749. The van der Waals surface area contributed by atoms with Crippen LogP contribution in [-0.4, -0.2) is 59.4 Å². The van der Waals surface area contributed by atoms with Gasteiger partial charge in [-0.2, -0.15) is 0 Å². The third-order valence-electron chi connectivity index (χ3n) is 5.15. The van der Waals surface area contributed by atoms with E-state index in [0.29, 0.717) is 11.8 Å². The van der Waals surface area contributed by atoms with Crippen LogP contribution in [0.4, 0.5) is 9.59 Å². The third kappa shape index (κ3) is 10.2. The number of hydrogen-bond donors (Lipinski definition) is 0. The van der Waals surface area contributed by atoms with Crippen molar-refractivity contribution in [2.45, 2.75) is 98.7 Å². The predicted octanol–water partition coefficient (Wildman–Crippen LogP) is 5.70. The highest BCUT2D eigenvalue weighted by molar-refractivity contribution is 5.68. The molecule has 2 amide bonds. The van der Waals surface area contributed by atoms with Crippen LogP contribution >= 0.6 is 0 Å². The summed E-state index contributed by atoms with van der Waals surface area (Å²) in [6, 6.07) is 0. The van der Waals surface area contributed by atoms with Crippen LogP contribution in [0.15, 0.2) is 0 Å². The van der Waals surface area contributed by atoms with Crippen molar-refractivity contribution >= 4 is 12.2 Å². The van der Waals surface area contributed by atoms with Gasteiger partial charge in [0.05, 0.1) is 0 Å². The van der Waals surface area contributed by atoms with Crippen molar-refractivity contribution in [3.63, 3.8) is 0 Å². The first kappa shape index (κ1) is 25.6. The van der Waals surface area contributed by atoms with Crippen LogP contribution in [0.1, 0.15) is 87.5 Å². The minimum absolute atomic E-state index is 0.152. The van der Waals surface area contributed by atoms with Crippen LogP contribution in [0.5, 0.6) is 0 Å².